The van der Waals surface area contributed by atoms with E-state index in [1.165, 1.54) is 28.7 Å². The monoisotopic (exact) mass is 299 g/mol. The first-order valence-corrected chi connectivity index (χ1v) is 8.18. The molecule has 108 valence electrons. The van der Waals surface area contributed by atoms with Gasteiger partial charge in [-0.05, 0) is 43.9 Å². The van der Waals surface area contributed by atoms with Crippen molar-refractivity contribution in [3.05, 3.63) is 40.4 Å². The van der Waals surface area contributed by atoms with Crippen molar-refractivity contribution in [2.75, 3.05) is 11.9 Å². The van der Waals surface area contributed by atoms with Gasteiger partial charge in [0, 0.05) is 17.8 Å². The molecule has 0 bridgehead atoms. The summed E-state index contributed by atoms with van der Waals surface area (Å²) in [5.41, 5.74) is 1.47. The maximum Gasteiger partial charge on any atom is 0.138 e. The third kappa shape index (κ3) is 2.31. The van der Waals surface area contributed by atoms with Gasteiger partial charge in [0.05, 0.1) is 11.6 Å². The summed E-state index contributed by atoms with van der Waals surface area (Å²) in [5, 5.41) is 4.73. The van der Waals surface area contributed by atoms with Gasteiger partial charge in [0.15, 0.2) is 0 Å². The highest BCUT2D eigenvalue weighted by atomic mass is 32.1. The molecule has 0 aliphatic heterocycles. The zero-order valence-electron chi connectivity index (χ0n) is 12.0. The molecule has 0 atom stereocenters. The molecular weight excluding hydrogens is 282 g/mol. The van der Waals surface area contributed by atoms with E-state index in [9.17, 15) is 0 Å². The Bertz CT molecular complexity index is 777. The van der Waals surface area contributed by atoms with Crippen LogP contribution in [-0.4, -0.2) is 16.5 Å². The predicted octanol–water partition coefficient (Wildman–Crippen LogP) is 3.74. The molecule has 3 aromatic heterocycles. The highest BCUT2D eigenvalue weighted by molar-refractivity contribution is 7.19. The number of anilines is 1. The Hall–Kier alpha value is -1.88. The second-order valence-corrected chi connectivity index (χ2v) is 6.50. The normalized spacial score (nSPS) is 13.8. The average Bonchev–Trinajstić information content (AvgIpc) is 3.13. The molecule has 4 rings (SSSR count). The predicted molar refractivity (Wildman–Crippen MR) is 85.1 cm³/mol. The molecule has 3 heterocycles. The van der Waals surface area contributed by atoms with Gasteiger partial charge in [-0.1, -0.05) is 0 Å². The molecule has 3 aromatic rings. The van der Waals surface area contributed by atoms with E-state index in [0.29, 0.717) is 0 Å². The van der Waals surface area contributed by atoms with Crippen LogP contribution in [0.4, 0.5) is 5.82 Å². The minimum absolute atomic E-state index is 0.823. The van der Waals surface area contributed by atoms with Crippen molar-refractivity contribution in [3.8, 4) is 0 Å². The minimum Gasteiger partial charge on any atom is -0.469 e. The number of rotatable bonds is 4. The van der Waals surface area contributed by atoms with Gasteiger partial charge in [-0.15, -0.1) is 11.3 Å². The lowest BCUT2D eigenvalue weighted by Crippen LogP contribution is -2.07. The van der Waals surface area contributed by atoms with Crippen molar-refractivity contribution in [2.45, 2.75) is 32.6 Å². The molecule has 21 heavy (non-hydrogen) atoms. The quantitative estimate of drug-likeness (QED) is 0.797. The van der Waals surface area contributed by atoms with E-state index < -0.39 is 0 Å². The number of aryl methyl sites for hydroxylation is 3. The summed E-state index contributed by atoms with van der Waals surface area (Å²) in [6.45, 7) is 2.78. The van der Waals surface area contributed by atoms with E-state index >= 15 is 0 Å². The molecule has 0 amide bonds. The van der Waals surface area contributed by atoms with Crippen molar-refractivity contribution in [3.63, 3.8) is 0 Å². The van der Waals surface area contributed by atoms with E-state index in [1.807, 2.05) is 30.4 Å². The summed E-state index contributed by atoms with van der Waals surface area (Å²) in [6.07, 6.45) is 6.20. The molecule has 1 aliphatic rings. The van der Waals surface area contributed by atoms with Crippen LogP contribution in [0.25, 0.3) is 10.2 Å². The maximum absolute atomic E-state index is 5.37. The van der Waals surface area contributed by atoms with E-state index in [2.05, 4.69) is 15.3 Å². The Balaban J connectivity index is 1.64. The first-order valence-electron chi connectivity index (χ1n) is 7.36. The lowest BCUT2D eigenvalue weighted by molar-refractivity contribution is 0.513. The van der Waals surface area contributed by atoms with Crippen molar-refractivity contribution >= 4 is 27.4 Å². The van der Waals surface area contributed by atoms with E-state index in [-0.39, 0.29) is 0 Å². The number of fused-ring (bicyclic) bond motifs is 3. The van der Waals surface area contributed by atoms with Crippen LogP contribution in [0.1, 0.15) is 28.4 Å². The van der Waals surface area contributed by atoms with Crippen molar-refractivity contribution in [1.29, 1.82) is 0 Å². The lowest BCUT2D eigenvalue weighted by atomic mass is 10.2. The van der Waals surface area contributed by atoms with Gasteiger partial charge in [0.25, 0.3) is 0 Å². The molecule has 0 fully saturated rings. The molecule has 1 N–H and O–H groups in total. The SMILES string of the molecule is Cc1nc(NCCc2ccco2)c2c3c(sc2n1)CCC3. The number of thiophene rings is 1. The second kappa shape index (κ2) is 5.15. The fourth-order valence-corrected chi connectivity index (χ4v) is 4.30. The molecule has 0 saturated heterocycles. The Morgan fingerprint density at radius 2 is 2.29 bits per heavy atom. The smallest absolute Gasteiger partial charge is 0.138 e. The van der Waals surface area contributed by atoms with Crippen molar-refractivity contribution in [1.82, 2.24) is 9.97 Å². The molecular formula is C16H17N3OS. The zero-order chi connectivity index (χ0) is 14.2. The molecule has 0 unspecified atom stereocenters. The van der Waals surface area contributed by atoms with E-state index in [1.54, 1.807) is 6.26 Å². The first kappa shape index (κ1) is 12.8. The van der Waals surface area contributed by atoms with Crippen molar-refractivity contribution < 1.29 is 4.42 Å². The standard InChI is InChI=1S/C16H17N3OS/c1-10-18-15(17-8-7-11-4-3-9-20-11)14-12-5-2-6-13(12)21-16(14)19-10/h3-4,9H,2,5-8H2,1H3,(H,17,18,19). The third-order valence-corrected chi connectivity index (χ3v) is 5.11. The molecule has 4 nitrogen and oxygen atoms in total. The van der Waals surface area contributed by atoms with E-state index in [4.69, 9.17) is 4.42 Å². The summed E-state index contributed by atoms with van der Waals surface area (Å²) < 4.78 is 5.37. The second-order valence-electron chi connectivity index (χ2n) is 5.41. The Labute approximate surface area is 127 Å². The highest BCUT2D eigenvalue weighted by Gasteiger charge is 2.21. The molecule has 0 saturated carbocycles. The summed E-state index contributed by atoms with van der Waals surface area (Å²) >= 11 is 1.84. The topological polar surface area (TPSA) is 51.0 Å². The summed E-state index contributed by atoms with van der Waals surface area (Å²) in [5.74, 6) is 2.83. The fourth-order valence-electron chi connectivity index (χ4n) is 2.99. The number of hydrogen-bond donors (Lipinski definition) is 1. The number of hydrogen-bond acceptors (Lipinski definition) is 5. The average molecular weight is 299 g/mol. The van der Waals surface area contributed by atoms with Gasteiger partial charge in [-0.3, -0.25) is 0 Å². The molecule has 0 aromatic carbocycles. The van der Waals surface area contributed by atoms with Crippen LogP contribution in [0.3, 0.4) is 0 Å². The first-order chi connectivity index (χ1) is 10.3. The number of aromatic nitrogens is 2. The van der Waals surface area contributed by atoms with Gasteiger partial charge < -0.3 is 9.73 Å². The van der Waals surface area contributed by atoms with Gasteiger partial charge >= 0.3 is 0 Å². The number of nitrogens with zero attached hydrogens (tertiary/aromatic N) is 2. The Morgan fingerprint density at radius 1 is 1.33 bits per heavy atom. The largest absolute Gasteiger partial charge is 0.469 e. The van der Waals surface area contributed by atoms with Crippen molar-refractivity contribution in [2.24, 2.45) is 0 Å². The van der Waals surface area contributed by atoms with Gasteiger partial charge in [-0.25, -0.2) is 9.97 Å². The molecule has 0 radical (unpaired) electrons. The summed E-state index contributed by atoms with van der Waals surface area (Å²) in [4.78, 5) is 11.9. The zero-order valence-corrected chi connectivity index (χ0v) is 12.8. The van der Waals surface area contributed by atoms with Gasteiger partial charge in [0.2, 0.25) is 0 Å². The van der Waals surface area contributed by atoms with Crippen LogP contribution in [0, 0.1) is 6.92 Å². The van der Waals surface area contributed by atoms with Crippen LogP contribution < -0.4 is 5.32 Å². The summed E-state index contributed by atoms with van der Waals surface area (Å²) in [7, 11) is 0. The van der Waals surface area contributed by atoms with Crippen LogP contribution in [0.2, 0.25) is 0 Å². The van der Waals surface area contributed by atoms with E-state index in [0.717, 1.165) is 41.6 Å². The Kier molecular flexibility index (Phi) is 3.15. The Morgan fingerprint density at radius 3 is 3.14 bits per heavy atom. The van der Waals surface area contributed by atoms with Crippen LogP contribution in [-0.2, 0) is 19.3 Å². The third-order valence-electron chi connectivity index (χ3n) is 3.92. The molecule has 5 heteroatoms. The highest BCUT2D eigenvalue weighted by Crippen LogP contribution is 2.39. The van der Waals surface area contributed by atoms with Gasteiger partial charge in [0.1, 0.15) is 22.2 Å². The maximum atomic E-state index is 5.37. The van der Waals surface area contributed by atoms with Crippen LogP contribution in [0.5, 0.6) is 0 Å². The minimum atomic E-state index is 0.823. The molecule has 1 aliphatic carbocycles. The number of furan rings is 1. The van der Waals surface area contributed by atoms with Crippen LogP contribution >= 0.6 is 11.3 Å². The van der Waals surface area contributed by atoms with Gasteiger partial charge in [-0.2, -0.15) is 0 Å². The summed E-state index contributed by atoms with van der Waals surface area (Å²) in [6, 6.07) is 3.93. The van der Waals surface area contributed by atoms with Crippen LogP contribution in [0.15, 0.2) is 22.8 Å². The number of nitrogens with one attached hydrogen (secondary N) is 1. The lowest BCUT2D eigenvalue weighted by Gasteiger charge is -2.08. The molecule has 0 spiro atoms. The fraction of sp³-hybridized carbons (Fsp3) is 0.375.